The van der Waals surface area contributed by atoms with E-state index in [0.29, 0.717) is 6.29 Å². The highest BCUT2D eigenvalue weighted by Gasteiger charge is 2.38. The molecule has 0 aliphatic carbocycles. The van der Waals surface area contributed by atoms with E-state index in [2.05, 4.69) is 0 Å². The normalized spacial score (nSPS) is 33.3. The van der Waals surface area contributed by atoms with Crippen molar-refractivity contribution in [2.45, 2.75) is 24.6 Å². The third-order valence-corrected chi connectivity index (χ3v) is 2.68. The molecule has 0 unspecified atom stereocenters. The topological polar surface area (TPSA) is 76.0 Å². The molecule has 17 heavy (non-hydrogen) atoms. The lowest BCUT2D eigenvalue weighted by atomic mass is 10.1. The molecule has 1 aromatic carbocycles. The lowest BCUT2D eigenvalue weighted by Crippen LogP contribution is -2.49. The monoisotopic (exact) mass is 238 g/mol. The summed E-state index contributed by atoms with van der Waals surface area (Å²) in [5, 5.41) is 18.7. The average Bonchev–Trinajstić information content (AvgIpc) is 2.40. The summed E-state index contributed by atoms with van der Waals surface area (Å²) in [5.74, 6) is 0. The van der Waals surface area contributed by atoms with Crippen LogP contribution >= 0.6 is 0 Å². The van der Waals surface area contributed by atoms with Crippen molar-refractivity contribution in [3.8, 4) is 0 Å². The van der Waals surface area contributed by atoms with Crippen LogP contribution in [0.25, 0.3) is 0 Å². The predicted octanol–water partition coefficient (Wildman–Crippen LogP) is 0.0213. The summed E-state index contributed by atoms with van der Waals surface area (Å²) in [6.45, 7) is -0.363. The molecular weight excluding hydrogens is 224 g/mol. The van der Waals surface area contributed by atoms with Crippen LogP contribution in [0.3, 0.4) is 0 Å². The molecule has 0 saturated carbocycles. The average molecular weight is 238 g/mol. The molecule has 0 amide bonds. The van der Waals surface area contributed by atoms with Gasteiger partial charge >= 0.3 is 0 Å². The number of aldehydes is 1. The summed E-state index contributed by atoms with van der Waals surface area (Å²) in [5.41, 5.74) is 0.740. The quantitative estimate of drug-likeness (QED) is 0.726. The predicted molar refractivity (Wildman–Crippen MR) is 58.1 cm³/mol. The third-order valence-electron chi connectivity index (χ3n) is 2.68. The van der Waals surface area contributed by atoms with Crippen LogP contribution in [0.15, 0.2) is 30.3 Å². The summed E-state index contributed by atoms with van der Waals surface area (Å²) in [4.78, 5) is 10.8. The molecule has 1 aliphatic rings. The Labute approximate surface area is 98.6 Å². The molecule has 2 rings (SSSR count). The van der Waals surface area contributed by atoms with Gasteiger partial charge in [0.2, 0.25) is 0 Å². The fourth-order valence-corrected chi connectivity index (χ4v) is 1.74. The van der Waals surface area contributed by atoms with Crippen molar-refractivity contribution >= 4 is 6.29 Å². The molecule has 0 aromatic heterocycles. The van der Waals surface area contributed by atoms with Gasteiger partial charge in [-0.05, 0) is 0 Å². The number of benzene rings is 1. The van der Waals surface area contributed by atoms with Crippen molar-refractivity contribution in [1.29, 1.82) is 0 Å². The Morgan fingerprint density at radius 3 is 2.53 bits per heavy atom. The van der Waals surface area contributed by atoms with Crippen LogP contribution in [0.5, 0.6) is 0 Å². The molecule has 0 spiro atoms. The minimum atomic E-state index is -1.14. The Morgan fingerprint density at radius 1 is 1.24 bits per heavy atom. The standard InChI is InChI=1S/C12H14O5/c13-6-9-11(15)10(7-14)17-12(16-9)8-4-2-1-3-5-8/h1-6,9-12,14-15H,7H2/t9-,10+,11+,12-/m1/s1. The summed E-state index contributed by atoms with van der Waals surface area (Å²) in [6.07, 6.45) is -3.16. The highest BCUT2D eigenvalue weighted by molar-refractivity contribution is 5.57. The maximum atomic E-state index is 10.8. The van der Waals surface area contributed by atoms with Gasteiger partial charge in [-0.3, -0.25) is 0 Å². The first-order valence-electron chi connectivity index (χ1n) is 5.36. The van der Waals surface area contributed by atoms with Gasteiger partial charge in [0, 0.05) is 5.56 Å². The molecule has 1 saturated heterocycles. The van der Waals surface area contributed by atoms with E-state index in [1.54, 1.807) is 12.1 Å². The SMILES string of the molecule is O=C[C@H]1O[C@@H](c2ccccc2)O[C@@H](CO)[C@H]1O. The van der Waals surface area contributed by atoms with Gasteiger partial charge in [-0.15, -0.1) is 0 Å². The molecule has 1 aliphatic heterocycles. The smallest absolute Gasteiger partial charge is 0.185 e. The zero-order valence-electron chi connectivity index (χ0n) is 9.10. The Bertz CT molecular complexity index is 366. The largest absolute Gasteiger partial charge is 0.394 e. The number of ether oxygens (including phenoxy) is 2. The van der Waals surface area contributed by atoms with Crippen LogP contribution in [0.1, 0.15) is 11.9 Å². The van der Waals surface area contributed by atoms with E-state index < -0.39 is 24.6 Å². The summed E-state index contributed by atoms with van der Waals surface area (Å²) in [7, 11) is 0. The van der Waals surface area contributed by atoms with Crippen molar-refractivity contribution in [2.24, 2.45) is 0 Å². The molecule has 1 fully saturated rings. The van der Waals surface area contributed by atoms with Crippen molar-refractivity contribution < 1.29 is 24.5 Å². The minimum Gasteiger partial charge on any atom is -0.394 e. The molecule has 0 bridgehead atoms. The molecular formula is C12H14O5. The third kappa shape index (κ3) is 2.53. The fraction of sp³-hybridized carbons (Fsp3) is 0.417. The van der Waals surface area contributed by atoms with Crippen LogP contribution in [0, 0.1) is 0 Å². The summed E-state index contributed by atoms with van der Waals surface area (Å²) < 4.78 is 10.7. The molecule has 0 radical (unpaired) electrons. The lowest BCUT2D eigenvalue weighted by molar-refractivity contribution is -0.283. The van der Waals surface area contributed by atoms with Crippen LogP contribution in [-0.2, 0) is 14.3 Å². The molecule has 92 valence electrons. The van der Waals surface area contributed by atoms with Gasteiger partial charge in [-0.25, -0.2) is 0 Å². The number of rotatable bonds is 3. The van der Waals surface area contributed by atoms with Gasteiger partial charge in [0.25, 0.3) is 0 Å². The molecule has 4 atom stereocenters. The van der Waals surface area contributed by atoms with Gasteiger partial charge < -0.3 is 24.5 Å². The fourth-order valence-electron chi connectivity index (χ4n) is 1.74. The minimum absolute atomic E-state index is 0.363. The van der Waals surface area contributed by atoms with Gasteiger partial charge in [-0.2, -0.15) is 0 Å². The second-order valence-corrected chi connectivity index (χ2v) is 3.83. The number of hydrogen-bond donors (Lipinski definition) is 2. The van der Waals surface area contributed by atoms with E-state index in [9.17, 15) is 9.90 Å². The second kappa shape index (κ2) is 5.37. The van der Waals surface area contributed by atoms with Crippen LogP contribution in [0.2, 0.25) is 0 Å². The van der Waals surface area contributed by atoms with E-state index in [1.165, 1.54) is 0 Å². The van der Waals surface area contributed by atoms with Crippen LogP contribution < -0.4 is 0 Å². The van der Waals surface area contributed by atoms with Crippen LogP contribution in [0.4, 0.5) is 0 Å². The van der Waals surface area contributed by atoms with Crippen molar-refractivity contribution in [3.63, 3.8) is 0 Å². The first kappa shape index (κ1) is 12.2. The van der Waals surface area contributed by atoms with E-state index in [-0.39, 0.29) is 6.61 Å². The molecule has 1 aromatic rings. The number of carbonyl (C=O) groups excluding carboxylic acids is 1. The van der Waals surface area contributed by atoms with Crippen LogP contribution in [-0.4, -0.2) is 41.4 Å². The first-order chi connectivity index (χ1) is 8.26. The van der Waals surface area contributed by atoms with Crippen molar-refractivity contribution in [1.82, 2.24) is 0 Å². The first-order valence-corrected chi connectivity index (χ1v) is 5.36. The van der Waals surface area contributed by atoms with Gasteiger partial charge in [0.1, 0.15) is 18.3 Å². The van der Waals surface area contributed by atoms with E-state index in [0.717, 1.165) is 5.56 Å². The molecule has 2 N–H and O–H groups in total. The van der Waals surface area contributed by atoms with E-state index in [1.807, 2.05) is 18.2 Å². The van der Waals surface area contributed by atoms with E-state index in [4.69, 9.17) is 14.6 Å². The second-order valence-electron chi connectivity index (χ2n) is 3.83. The molecule has 5 nitrogen and oxygen atoms in total. The van der Waals surface area contributed by atoms with Gasteiger partial charge in [0.05, 0.1) is 6.61 Å². The highest BCUT2D eigenvalue weighted by atomic mass is 16.7. The summed E-state index contributed by atoms with van der Waals surface area (Å²) >= 11 is 0. The number of hydrogen-bond acceptors (Lipinski definition) is 5. The Morgan fingerprint density at radius 2 is 1.94 bits per heavy atom. The molecule has 1 heterocycles. The lowest BCUT2D eigenvalue weighted by Gasteiger charge is -2.36. The van der Waals surface area contributed by atoms with Crippen molar-refractivity contribution in [2.75, 3.05) is 6.61 Å². The molecule has 5 heteroatoms. The maximum absolute atomic E-state index is 10.8. The van der Waals surface area contributed by atoms with Gasteiger partial charge in [-0.1, -0.05) is 30.3 Å². The number of carbonyl (C=O) groups is 1. The summed E-state index contributed by atoms with van der Waals surface area (Å²) in [6, 6.07) is 9.06. The number of aliphatic hydroxyl groups excluding tert-OH is 2. The maximum Gasteiger partial charge on any atom is 0.185 e. The Hall–Kier alpha value is -1.27. The van der Waals surface area contributed by atoms with E-state index >= 15 is 0 Å². The zero-order chi connectivity index (χ0) is 12.3. The van der Waals surface area contributed by atoms with Gasteiger partial charge in [0.15, 0.2) is 12.6 Å². The highest BCUT2D eigenvalue weighted by Crippen LogP contribution is 2.29. The number of aliphatic hydroxyl groups is 2. The zero-order valence-corrected chi connectivity index (χ0v) is 9.10. The van der Waals surface area contributed by atoms with Crippen molar-refractivity contribution in [3.05, 3.63) is 35.9 Å². The Balaban J connectivity index is 2.17. The Kier molecular flexibility index (Phi) is 3.86.